The molecule has 1 atom stereocenters. The van der Waals surface area contributed by atoms with Crippen LogP contribution in [0.3, 0.4) is 0 Å². The van der Waals surface area contributed by atoms with Gasteiger partial charge in [-0.25, -0.2) is 0 Å². The van der Waals surface area contributed by atoms with Crippen molar-refractivity contribution in [1.29, 1.82) is 0 Å². The molecule has 0 unspecified atom stereocenters. The number of anilines is 1. The average molecular weight is 252 g/mol. The van der Waals surface area contributed by atoms with Crippen LogP contribution in [0.1, 0.15) is 0 Å². The zero-order valence-corrected chi connectivity index (χ0v) is 10.4. The van der Waals surface area contributed by atoms with Crippen LogP contribution >= 0.6 is 0 Å². The van der Waals surface area contributed by atoms with Crippen molar-refractivity contribution in [2.24, 2.45) is 0 Å². The van der Waals surface area contributed by atoms with Crippen LogP contribution in [0.15, 0.2) is 30.3 Å². The summed E-state index contributed by atoms with van der Waals surface area (Å²) in [5, 5.41) is 30.5. The van der Waals surface area contributed by atoms with E-state index in [0.717, 1.165) is 5.69 Å². The first-order chi connectivity index (χ1) is 8.63. The monoisotopic (exact) mass is 252 g/mol. The molecule has 0 bridgehead atoms. The topological polar surface area (TPSA) is 66.8 Å². The Balaban J connectivity index is 1.91. The molecule has 1 aliphatic heterocycles. The predicted molar refractivity (Wildman–Crippen MR) is 70.0 cm³/mol. The van der Waals surface area contributed by atoms with Crippen LogP contribution in [0, 0.1) is 5.21 Å². The summed E-state index contributed by atoms with van der Waals surface area (Å²) in [7, 11) is 0. The predicted octanol–water partition coefficient (Wildman–Crippen LogP) is 0.174. The van der Waals surface area contributed by atoms with Crippen molar-refractivity contribution >= 4 is 5.69 Å². The molecule has 0 saturated carbocycles. The molecular weight excluding hydrogens is 232 g/mol. The number of aliphatic hydroxyl groups is 2. The average Bonchev–Trinajstić information content (AvgIpc) is 2.40. The number of nitrogens with zero attached hydrogens (tertiary/aromatic N) is 2. The van der Waals surface area contributed by atoms with E-state index in [0.29, 0.717) is 26.2 Å². The number of para-hydroxylation sites is 1. The van der Waals surface area contributed by atoms with E-state index in [1.807, 2.05) is 30.3 Å². The minimum atomic E-state index is -0.911. The standard InChI is InChI=1S/C13H20N2O3/c16-11-13(17)10-15(18)8-6-14(7-9-15)12-4-2-1-3-5-12/h1-5,13,16-17H,6-11H2/t13-/m0/s1. The minimum absolute atomic E-state index is 0.0825. The third-order valence-electron chi connectivity index (χ3n) is 3.43. The fourth-order valence-corrected chi connectivity index (χ4v) is 2.35. The van der Waals surface area contributed by atoms with Crippen LogP contribution in [0.5, 0.6) is 0 Å². The number of hydrogen-bond donors (Lipinski definition) is 2. The number of piperazine rings is 1. The smallest absolute Gasteiger partial charge is 0.126 e. The van der Waals surface area contributed by atoms with Crippen LogP contribution in [0.4, 0.5) is 5.69 Å². The van der Waals surface area contributed by atoms with Gasteiger partial charge in [0.2, 0.25) is 0 Å². The Morgan fingerprint density at radius 2 is 1.83 bits per heavy atom. The molecular formula is C13H20N2O3. The van der Waals surface area contributed by atoms with Crippen LogP contribution in [-0.4, -0.2) is 60.3 Å². The highest BCUT2D eigenvalue weighted by Gasteiger charge is 2.27. The van der Waals surface area contributed by atoms with Gasteiger partial charge in [0.25, 0.3) is 0 Å². The fourth-order valence-electron chi connectivity index (χ4n) is 2.35. The first-order valence-corrected chi connectivity index (χ1v) is 6.29. The number of rotatable bonds is 4. The third kappa shape index (κ3) is 3.20. The molecule has 1 heterocycles. The highest BCUT2D eigenvalue weighted by molar-refractivity contribution is 5.46. The summed E-state index contributed by atoms with van der Waals surface area (Å²) < 4.78 is -0.412. The van der Waals surface area contributed by atoms with Crippen molar-refractivity contribution < 1.29 is 14.9 Å². The van der Waals surface area contributed by atoms with Crippen LogP contribution < -0.4 is 4.90 Å². The van der Waals surface area contributed by atoms with E-state index in [4.69, 9.17) is 5.11 Å². The molecule has 100 valence electrons. The molecule has 0 amide bonds. The van der Waals surface area contributed by atoms with Gasteiger partial charge in [-0.2, -0.15) is 0 Å². The van der Waals surface area contributed by atoms with E-state index < -0.39 is 10.8 Å². The van der Waals surface area contributed by atoms with Gasteiger partial charge in [-0.05, 0) is 12.1 Å². The molecule has 0 radical (unpaired) electrons. The molecule has 18 heavy (non-hydrogen) atoms. The van der Waals surface area contributed by atoms with E-state index in [-0.39, 0.29) is 13.2 Å². The number of benzene rings is 1. The molecule has 1 saturated heterocycles. The molecule has 5 nitrogen and oxygen atoms in total. The zero-order chi connectivity index (χ0) is 13.0. The zero-order valence-electron chi connectivity index (χ0n) is 10.4. The van der Waals surface area contributed by atoms with Gasteiger partial charge in [0.05, 0.1) is 32.8 Å². The SMILES string of the molecule is [O-][N+]1(C[C@H](O)CO)CCN(c2ccccc2)CC1. The van der Waals surface area contributed by atoms with Crippen LogP contribution in [0.2, 0.25) is 0 Å². The Labute approximate surface area is 107 Å². The summed E-state index contributed by atoms with van der Waals surface area (Å²) in [4.78, 5) is 2.18. The van der Waals surface area contributed by atoms with Gasteiger partial charge in [0, 0.05) is 5.69 Å². The lowest BCUT2D eigenvalue weighted by atomic mass is 10.2. The van der Waals surface area contributed by atoms with Gasteiger partial charge in [-0.3, -0.25) is 0 Å². The van der Waals surface area contributed by atoms with E-state index in [2.05, 4.69) is 4.90 Å². The normalized spacial score (nSPS) is 20.7. The van der Waals surface area contributed by atoms with Crippen molar-refractivity contribution in [3.8, 4) is 0 Å². The number of hydrogen-bond acceptors (Lipinski definition) is 4. The van der Waals surface area contributed by atoms with Gasteiger partial charge in [-0.15, -0.1) is 0 Å². The molecule has 2 rings (SSSR count). The summed E-state index contributed by atoms with van der Waals surface area (Å²) >= 11 is 0. The molecule has 1 fully saturated rings. The Kier molecular flexibility index (Phi) is 4.19. The molecule has 2 N–H and O–H groups in total. The van der Waals surface area contributed by atoms with Gasteiger partial charge in [-0.1, -0.05) is 18.2 Å². The van der Waals surface area contributed by atoms with Gasteiger partial charge < -0.3 is 25.0 Å². The van der Waals surface area contributed by atoms with E-state index >= 15 is 0 Å². The van der Waals surface area contributed by atoms with Crippen molar-refractivity contribution in [2.75, 3.05) is 44.2 Å². The summed E-state index contributed by atoms with van der Waals surface area (Å²) in [6.07, 6.45) is -0.911. The van der Waals surface area contributed by atoms with E-state index in [1.54, 1.807) is 0 Å². The second-order valence-corrected chi connectivity index (χ2v) is 4.85. The lowest BCUT2D eigenvalue weighted by Gasteiger charge is -2.49. The summed E-state index contributed by atoms with van der Waals surface area (Å²) in [5.41, 5.74) is 1.13. The number of quaternary nitrogens is 1. The summed E-state index contributed by atoms with van der Waals surface area (Å²) in [6, 6.07) is 10.0. The van der Waals surface area contributed by atoms with Crippen molar-refractivity contribution in [3.63, 3.8) is 0 Å². The summed E-state index contributed by atoms with van der Waals surface area (Å²) in [6.45, 7) is 2.01. The lowest BCUT2D eigenvalue weighted by Crippen LogP contribution is -2.58. The second kappa shape index (κ2) is 5.67. The number of hydroxylamine groups is 3. The Hall–Kier alpha value is -1.14. The summed E-state index contributed by atoms with van der Waals surface area (Å²) in [5.74, 6) is 0. The largest absolute Gasteiger partial charge is 0.633 e. The molecule has 5 heteroatoms. The maximum atomic E-state index is 12.3. The van der Waals surface area contributed by atoms with Crippen LogP contribution in [0.25, 0.3) is 0 Å². The fraction of sp³-hybridized carbons (Fsp3) is 0.538. The Morgan fingerprint density at radius 3 is 2.39 bits per heavy atom. The van der Waals surface area contributed by atoms with Gasteiger partial charge in [0.15, 0.2) is 0 Å². The lowest BCUT2D eigenvalue weighted by molar-refractivity contribution is -0.884. The molecule has 1 aromatic rings. The Bertz CT molecular complexity index is 364. The Morgan fingerprint density at radius 1 is 1.22 bits per heavy atom. The highest BCUT2D eigenvalue weighted by Crippen LogP contribution is 2.19. The van der Waals surface area contributed by atoms with Crippen molar-refractivity contribution in [1.82, 2.24) is 0 Å². The maximum Gasteiger partial charge on any atom is 0.126 e. The van der Waals surface area contributed by atoms with Gasteiger partial charge in [0.1, 0.15) is 12.6 Å². The van der Waals surface area contributed by atoms with E-state index in [9.17, 15) is 10.3 Å². The highest BCUT2D eigenvalue weighted by atomic mass is 16.5. The van der Waals surface area contributed by atoms with Crippen molar-refractivity contribution in [3.05, 3.63) is 35.5 Å². The first kappa shape index (κ1) is 13.3. The number of aliphatic hydroxyl groups excluding tert-OH is 2. The third-order valence-corrected chi connectivity index (χ3v) is 3.43. The molecule has 1 aromatic carbocycles. The quantitative estimate of drug-likeness (QED) is 0.592. The molecule has 1 aliphatic rings. The van der Waals surface area contributed by atoms with Crippen molar-refractivity contribution in [2.45, 2.75) is 6.10 Å². The molecule has 0 spiro atoms. The van der Waals surface area contributed by atoms with Crippen LogP contribution in [-0.2, 0) is 0 Å². The molecule has 0 aromatic heterocycles. The first-order valence-electron chi connectivity index (χ1n) is 6.29. The second-order valence-electron chi connectivity index (χ2n) is 4.85. The van der Waals surface area contributed by atoms with E-state index in [1.165, 1.54) is 0 Å². The minimum Gasteiger partial charge on any atom is -0.633 e. The molecule has 0 aliphatic carbocycles. The van der Waals surface area contributed by atoms with Gasteiger partial charge >= 0.3 is 0 Å². The maximum absolute atomic E-state index is 12.3.